The Balaban J connectivity index is 1.91. The number of fused-ring (bicyclic) bond motifs is 1. The molecule has 5 nitrogen and oxygen atoms in total. The Kier molecular flexibility index (Phi) is 3.96. The molecular weight excluding hydrogens is 318 g/mol. The van der Waals surface area contributed by atoms with Crippen LogP contribution in [-0.2, 0) is 6.42 Å². The number of benzene rings is 2. The van der Waals surface area contributed by atoms with E-state index in [2.05, 4.69) is 29.6 Å². The molecule has 1 aliphatic carbocycles. The molecule has 0 aromatic heterocycles. The average molecular weight is 341 g/mol. The molecule has 2 atom stereocenters. The van der Waals surface area contributed by atoms with Crippen molar-refractivity contribution >= 4 is 0 Å². The second-order valence-corrected chi connectivity index (χ2v) is 6.46. The van der Waals surface area contributed by atoms with Gasteiger partial charge in [-0.25, -0.2) is 0 Å². The number of hydrogen-bond acceptors (Lipinski definition) is 5. The normalized spacial score (nSPS) is 20.3. The van der Waals surface area contributed by atoms with Gasteiger partial charge in [-0.05, 0) is 52.9 Å². The fraction of sp³-hybridized carbons (Fsp3) is 0.400. The molecule has 1 N–H and O–H groups in total. The average Bonchev–Trinajstić information content (AvgIpc) is 2.91. The van der Waals surface area contributed by atoms with Crippen LogP contribution in [0.1, 0.15) is 34.2 Å². The smallest absolute Gasteiger partial charge is 0.161 e. The standard InChI is InChI=1S/C20H23NO4/c1-22-17-6-11-5-16-14-9-20(25-4)19(24-3)8-13(14)15(10-21-16)12(11)7-18(17)23-2/h6-9,15-16,21H,5,10H2,1-4H3/t15-,16+/m0/s1. The zero-order valence-electron chi connectivity index (χ0n) is 15.0. The number of rotatable bonds is 4. The molecule has 2 heterocycles. The zero-order valence-corrected chi connectivity index (χ0v) is 15.0. The van der Waals surface area contributed by atoms with E-state index in [1.54, 1.807) is 28.4 Å². The van der Waals surface area contributed by atoms with Gasteiger partial charge in [0.25, 0.3) is 0 Å². The number of methoxy groups -OCH3 is 4. The molecule has 2 aromatic carbocycles. The van der Waals surface area contributed by atoms with Gasteiger partial charge in [-0.15, -0.1) is 0 Å². The molecule has 2 aliphatic heterocycles. The number of nitrogens with one attached hydrogen (secondary N) is 1. The van der Waals surface area contributed by atoms with Crippen molar-refractivity contribution in [2.75, 3.05) is 35.0 Å². The first-order valence-corrected chi connectivity index (χ1v) is 8.44. The van der Waals surface area contributed by atoms with E-state index in [0.717, 1.165) is 36.0 Å². The summed E-state index contributed by atoms with van der Waals surface area (Å²) >= 11 is 0. The molecule has 5 rings (SSSR count). The molecule has 0 unspecified atom stereocenters. The molecule has 0 saturated heterocycles. The van der Waals surface area contributed by atoms with E-state index in [-0.39, 0.29) is 12.0 Å². The van der Waals surface area contributed by atoms with E-state index < -0.39 is 0 Å². The monoisotopic (exact) mass is 341 g/mol. The van der Waals surface area contributed by atoms with Gasteiger partial charge in [0.15, 0.2) is 23.0 Å². The summed E-state index contributed by atoms with van der Waals surface area (Å²) in [7, 11) is 6.72. The summed E-state index contributed by atoms with van der Waals surface area (Å²) in [5.74, 6) is 3.35. The molecule has 3 aliphatic rings. The van der Waals surface area contributed by atoms with E-state index in [4.69, 9.17) is 18.9 Å². The van der Waals surface area contributed by atoms with Crippen molar-refractivity contribution in [3.8, 4) is 23.0 Å². The predicted octanol–water partition coefficient (Wildman–Crippen LogP) is 3.05. The van der Waals surface area contributed by atoms with Crippen LogP contribution in [0.15, 0.2) is 24.3 Å². The second kappa shape index (κ2) is 6.15. The third-order valence-electron chi connectivity index (χ3n) is 5.35. The minimum atomic E-state index is 0.253. The van der Waals surface area contributed by atoms with Crippen LogP contribution < -0.4 is 24.3 Å². The van der Waals surface area contributed by atoms with Crippen molar-refractivity contribution in [3.63, 3.8) is 0 Å². The van der Waals surface area contributed by atoms with Crippen LogP contribution in [0, 0.1) is 0 Å². The summed E-state index contributed by atoms with van der Waals surface area (Å²) in [6.45, 7) is 0.898. The van der Waals surface area contributed by atoms with Gasteiger partial charge in [-0.3, -0.25) is 0 Å². The Bertz CT molecular complexity index is 818. The van der Waals surface area contributed by atoms with Crippen LogP contribution in [0.4, 0.5) is 0 Å². The van der Waals surface area contributed by atoms with Crippen molar-refractivity contribution in [1.82, 2.24) is 5.32 Å². The molecule has 0 radical (unpaired) electrons. The number of hydrogen-bond donors (Lipinski definition) is 1. The Morgan fingerprint density at radius 1 is 0.720 bits per heavy atom. The lowest BCUT2D eigenvalue weighted by molar-refractivity contribution is 0.351. The second-order valence-electron chi connectivity index (χ2n) is 6.46. The third-order valence-corrected chi connectivity index (χ3v) is 5.35. The topological polar surface area (TPSA) is 49.0 Å². The lowest BCUT2D eigenvalue weighted by Crippen LogP contribution is -2.31. The summed E-state index contributed by atoms with van der Waals surface area (Å²) in [6, 6.07) is 8.72. The Labute approximate surface area is 147 Å². The van der Waals surface area contributed by atoms with Gasteiger partial charge in [0.05, 0.1) is 28.4 Å². The fourth-order valence-electron chi connectivity index (χ4n) is 4.11. The molecule has 0 fully saturated rings. The molecule has 0 spiro atoms. The lowest BCUT2D eigenvalue weighted by atomic mass is 9.85. The maximum absolute atomic E-state index is 5.53. The summed E-state index contributed by atoms with van der Waals surface area (Å²) in [5, 5.41) is 3.67. The minimum absolute atomic E-state index is 0.253. The molecule has 132 valence electrons. The van der Waals surface area contributed by atoms with Crippen LogP contribution in [0.2, 0.25) is 0 Å². The van der Waals surface area contributed by atoms with E-state index >= 15 is 0 Å². The minimum Gasteiger partial charge on any atom is -0.493 e. The maximum atomic E-state index is 5.53. The van der Waals surface area contributed by atoms with Gasteiger partial charge < -0.3 is 24.3 Å². The number of ether oxygens (including phenoxy) is 4. The summed E-state index contributed by atoms with van der Waals surface area (Å²) < 4.78 is 22.1. The Morgan fingerprint density at radius 2 is 1.24 bits per heavy atom. The first kappa shape index (κ1) is 16.1. The van der Waals surface area contributed by atoms with E-state index in [1.165, 1.54) is 22.3 Å². The van der Waals surface area contributed by atoms with Crippen molar-refractivity contribution in [2.45, 2.75) is 18.4 Å². The molecule has 5 heteroatoms. The van der Waals surface area contributed by atoms with Gasteiger partial charge in [0, 0.05) is 18.5 Å². The van der Waals surface area contributed by atoms with Gasteiger partial charge in [-0.2, -0.15) is 0 Å². The third kappa shape index (κ3) is 2.42. The summed E-state index contributed by atoms with van der Waals surface area (Å²) in [4.78, 5) is 0. The first-order chi connectivity index (χ1) is 12.2. The quantitative estimate of drug-likeness (QED) is 0.926. The van der Waals surface area contributed by atoms with Crippen molar-refractivity contribution in [2.24, 2.45) is 0 Å². The molecule has 0 saturated carbocycles. The van der Waals surface area contributed by atoms with Gasteiger partial charge in [-0.1, -0.05) is 0 Å². The van der Waals surface area contributed by atoms with Crippen LogP contribution >= 0.6 is 0 Å². The highest BCUT2D eigenvalue weighted by molar-refractivity contribution is 5.59. The molecule has 2 aromatic rings. The van der Waals surface area contributed by atoms with Crippen molar-refractivity contribution < 1.29 is 18.9 Å². The van der Waals surface area contributed by atoms with E-state index in [9.17, 15) is 0 Å². The zero-order chi connectivity index (χ0) is 17.6. The van der Waals surface area contributed by atoms with E-state index in [1.807, 2.05) is 0 Å². The lowest BCUT2D eigenvalue weighted by Gasteiger charge is -2.30. The molecular formula is C20H23NO4. The SMILES string of the molecule is COc1cc2c(cc1OC)[C@@H]1CN[C@H](C2)c2cc(OC)c(OC)cc21. The Hall–Kier alpha value is -2.40. The van der Waals surface area contributed by atoms with Crippen LogP contribution in [-0.4, -0.2) is 35.0 Å². The molecule has 0 amide bonds. The van der Waals surface area contributed by atoms with E-state index in [0.29, 0.717) is 0 Å². The van der Waals surface area contributed by atoms with Gasteiger partial charge >= 0.3 is 0 Å². The molecule has 2 bridgehead atoms. The summed E-state index contributed by atoms with van der Waals surface area (Å²) in [6.07, 6.45) is 0.911. The van der Waals surface area contributed by atoms with Gasteiger partial charge in [0.2, 0.25) is 0 Å². The van der Waals surface area contributed by atoms with Gasteiger partial charge in [0.1, 0.15) is 0 Å². The van der Waals surface area contributed by atoms with Crippen molar-refractivity contribution in [3.05, 3.63) is 46.5 Å². The highest BCUT2D eigenvalue weighted by atomic mass is 16.5. The highest BCUT2D eigenvalue weighted by Gasteiger charge is 2.35. The van der Waals surface area contributed by atoms with Crippen LogP contribution in [0.3, 0.4) is 0 Å². The summed E-state index contributed by atoms with van der Waals surface area (Å²) in [5.41, 5.74) is 5.17. The maximum Gasteiger partial charge on any atom is 0.161 e. The van der Waals surface area contributed by atoms with Crippen LogP contribution in [0.25, 0.3) is 0 Å². The fourth-order valence-corrected chi connectivity index (χ4v) is 4.11. The first-order valence-electron chi connectivity index (χ1n) is 8.44. The highest BCUT2D eigenvalue weighted by Crippen LogP contribution is 2.47. The predicted molar refractivity (Wildman–Crippen MR) is 95.4 cm³/mol. The van der Waals surface area contributed by atoms with Crippen molar-refractivity contribution in [1.29, 1.82) is 0 Å². The Morgan fingerprint density at radius 3 is 1.84 bits per heavy atom. The van der Waals surface area contributed by atoms with Crippen LogP contribution in [0.5, 0.6) is 23.0 Å². The largest absolute Gasteiger partial charge is 0.493 e. The molecule has 25 heavy (non-hydrogen) atoms.